The summed E-state index contributed by atoms with van der Waals surface area (Å²) in [5.74, 6) is 0.208. The van der Waals surface area contributed by atoms with Gasteiger partial charge in [-0.3, -0.25) is 9.59 Å². The van der Waals surface area contributed by atoms with E-state index in [4.69, 9.17) is 11.6 Å². The van der Waals surface area contributed by atoms with Crippen LogP contribution in [0, 0.1) is 6.92 Å². The van der Waals surface area contributed by atoms with Gasteiger partial charge in [0.1, 0.15) is 5.82 Å². The first kappa shape index (κ1) is 21.4. The van der Waals surface area contributed by atoms with Crippen LogP contribution in [0.5, 0.6) is 0 Å². The lowest BCUT2D eigenvalue weighted by Gasteiger charge is -2.21. The van der Waals surface area contributed by atoms with E-state index in [1.165, 1.54) is 9.70 Å². The second-order valence-corrected chi connectivity index (χ2v) is 7.26. The Morgan fingerprint density at radius 3 is 2.63 bits per heavy atom. The Balaban J connectivity index is 1.66. The maximum atomic E-state index is 12.9. The van der Waals surface area contributed by atoms with Gasteiger partial charge in [-0.2, -0.15) is 4.80 Å². The number of hydrogen-bond acceptors (Lipinski definition) is 6. The summed E-state index contributed by atoms with van der Waals surface area (Å²) in [6, 6.07) is 9.94. The van der Waals surface area contributed by atoms with Gasteiger partial charge in [0.05, 0.1) is 6.54 Å². The van der Waals surface area contributed by atoms with Crippen molar-refractivity contribution in [2.75, 3.05) is 18.9 Å². The molecule has 0 aliphatic rings. The highest BCUT2D eigenvalue weighted by Crippen LogP contribution is 2.19. The predicted molar refractivity (Wildman–Crippen MR) is 113 cm³/mol. The fourth-order valence-electron chi connectivity index (χ4n) is 2.84. The summed E-state index contributed by atoms with van der Waals surface area (Å²) in [5.41, 5.74) is 1.72. The predicted octanol–water partition coefficient (Wildman–Crippen LogP) is 2.75. The lowest BCUT2D eigenvalue weighted by atomic mass is 10.2. The van der Waals surface area contributed by atoms with Crippen LogP contribution in [0.2, 0.25) is 5.02 Å². The molecular formula is C20H22ClN7O2. The summed E-state index contributed by atoms with van der Waals surface area (Å²) < 4.78 is 0. The number of amides is 2. The van der Waals surface area contributed by atoms with Gasteiger partial charge in [-0.1, -0.05) is 18.5 Å². The Bertz CT molecular complexity index is 1040. The van der Waals surface area contributed by atoms with E-state index in [2.05, 4.69) is 25.7 Å². The van der Waals surface area contributed by atoms with Crippen molar-refractivity contribution in [1.29, 1.82) is 0 Å². The molecule has 2 heterocycles. The number of likely N-dealkylation sites (N-methyl/N-ethyl adjacent to an activating group) is 1. The molecule has 3 rings (SSSR count). The summed E-state index contributed by atoms with van der Waals surface area (Å²) in [4.78, 5) is 31.9. The molecular weight excluding hydrogens is 406 g/mol. The van der Waals surface area contributed by atoms with Crippen molar-refractivity contribution in [3.05, 3.63) is 53.2 Å². The molecule has 1 N–H and O–H groups in total. The zero-order valence-corrected chi connectivity index (χ0v) is 17.7. The molecule has 1 atom stereocenters. The molecule has 3 aromatic rings. The van der Waals surface area contributed by atoms with Crippen LogP contribution in [-0.2, 0) is 9.59 Å². The molecule has 10 heteroatoms. The Hall–Kier alpha value is -3.33. The highest BCUT2D eigenvalue weighted by molar-refractivity contribution is 6.30. The minimum Gasteiger partial charge on any atom is -0.335 e. The first-order valence-electron chi connectivity index (χ1n) is 9.40. The SMILES string of the molecule is CCC(C(=O)N(C)CC(=O)Nc1cc(C)ccn1)n1nnc(-c2ccc(Cl)cc2)n1. The van der Waals surface area contributed by atoms with Gasteiger partial charge in [0, 0.05) is 23.8 Å². The summed E-state index contributed by atoms with van der Waals surface area (Å²) in [7, 11) is 1.56. The Morgan fingerprint density at radius 2 is 1.97 bits per heavy atom. The van der Waals surface area contributed by atoms with Crippen LogP contribution in [0.25, 0.3) is 11.4 Å². The first-order chi connectivity index (χ1) is 14.4. The van der Waals surface area contributed by atoms with Crippen LogP contribution in [0.3, 0.4) is 0 Å². The number of benzene rings is 1. The largest absolute Gasteiger partial charge is 0.335 e. The van der Waals surface area contributed by atoms with E-state index in [0.29, 0.717) is 23.1 Å². The van der Waals surface area contributed by atoms with Crippen LogP contribution in [0.4, 0.5) is 5.82 Å². The number of nitrogens with zero attached hydrogens (tertiary/aromatic N) is 6. The minimum atomic E-state index is -0.673. The van der Waals surface area contributed by atoms with E-state index < -0.39 is 6.04 Å². The summed E-state index contributed by atoms with van der Waals surface area (Å²) in [5, 5.41) is 15.7. The number of pyridine rings is 1. The molecule has 0 spiro atoms. The molecule has 0 bridgehead atoms. The highest BCUT2D eigenvalue weighted by atomic mass is 35.5. The minimum absolute atomic E-state index is 0.121. The molecule has 0 radical (unpaired) electrons. The molecule has 2 aromatic heterocycles. The number of carbonyl (C=O) groups excluding carboxylic acids is 2. The van der Waals surface area contributed by atoms with E-state index in [1.807, 2.05) is 19.9 Å². The van der Waals surface area contributed by atoms with Gasteiger partial charge in [-0.05, 0) is 60.5 Å². The monoisotopic (exact) mass is 427 g/mol. The Morgan fingerprint density at radius 1 is 1.23 bits per heavy atom. The fraction of sp³-hybridized carbons (Fsp3) is 0.300. The van der Waals surface area contributed by atoms with Crippen LogP contribution in [0.1, 0.15) is 24.9 Å². The van der Waals surface area contributed by atoms with Crippen LogP contribution >= 0.6 is 11.6 Å². The van der Waals surface area contributed by atoms with Crippen LogP contribution in [-0.4, -0.2) is 55.5 Å². The molecule has 0 aliphatic heterocycles. The molecule has 1 unspecified atom stereocenters. The third kappa shape index (κ3) is 5.18. The average molecular weight is 428 g/mol. The zero-order valence-electron chi connectivity index (χ0n) is 16.9. The van der Waals surface area contributed by atoms with Gasteiger partial charge in [0.25, 0.3) is 0 Å². The molecule has 0 saturated carbocycles. The molecule has 30 heavy (non-hydrogen) atoms. The zero-order chi connectivity index (χ0) is 21.7. The van der Waals surface area contributed by atoms with E-state index >= 15 is 0 Å². The quantitative estimate of drug-likeness (QED) is 0.621. The summed E-state index contributed by atoms with van der Waals surface area (Å²) in [6.45, 7) is 3.63. The van der Waals surface area contributed by atoms with Crippen molar-refractivity contribution < 1.29 is 9.59 Å². The smallest absolute Gasteiger partial charge is 0.249 e. The van der Waals surface area contributed by atoms with Crippen molar-refractivity contribution in [2.24, 2.45) is 0 Å². The summed E-state index contributed by atoms with van der Waals surface area (Å²) in [6.07, 6.45) is 2.06. The number of anilines is 1. The topological polar surface area (TPSA) is 106 Å². The number of nitrogens with one attached hydrogen (secondary N) is 1. The fourth-order valence-corrected chi connectivity index (χ4v) is 2.97. The highest BCUT2D eigenvalue weighted by Gasteiger charge is 2.26. The Labute approximate surface area is 179 Å². The van der Waals surface area contributed by atoms with Gasteiger partial charge in [-0.25, -0.2) is 4.98 Å². The molecule has 0 saturated heterocycles. The molecule has 9 nitrogen and oxygen atoms in total. The standard InChI is InChI=1S/C20H22ClN7O2/c1-4-16(28-25-19(24-26-28)14-5-7-15(21)8-6-14)20(30)27(3)12-18(29)23-17-11-13(2)9-10-22-17/h5-11,16H,4,12H2,1-3H3,(H,22,23,29). The van der Waals surface area contributed by atoms with Gasteiger partial charge < -0.3 is 10.2 Å². The number of aromatic nitrogens is 5. The van der Waals surface area contributed by atoms with Crippen molar-refractivity contribution >= 4 is 29.2 Å². The van der Waals surface area contributed by atoms with Crippen molar-refractivity contribution in [1.82, 2.24) is 30.1 Å². The van der Waals surface area contributed by atoms with E-state index in [0.717, 1.165) is 11.1 Å². The maximum absolute atomic E-state index is 12.9. The van der Waals surface area contributed by atoms with E-state index in [1.54, 1.807) is 43.6 Å². The van der Waals surface area contributed by atoms with Gasteiger partial charge >= 0.3 is 0 Å². The molecule has 1 aromatic carbocycles. The summed E-state index contributed by atoms with van der Waals surface area (Å²) >= 11 is 5.91. The van der Waals surface area contributed by atoms with Crippen molar-refractivity contribution in [3.8, 4) is 11.4 Å². The molecule has 156 valence electrons. The van der Waals surface area contributed by atoms with Crippen molar-refractivity contribution in [2.45, 2.75) is 26.3 Å². The second kappa shape index (κ2) is 9.45. The number of aryl methyl sites for hydroxylation is 1. The van der Waals surface area contributed by atoms with Crippen molar-refractivity contribution in [3.63, 3.8) is 0 Å². The maximum Gasteiger partial charge on any atom is 0.249 e. The number of tetrazole rings is 1. The number of halogens is 1. The molecule has 0 fully saturated rings. The number of hydrogen-bond donors (Lipinski definition) is 1. The van der Waals surface area contributed by atoms with Crippen LogP contribution < -0.4 is 5.32 Å². The second-order valence-electron chi connectivity index (χ2n) is 6.83. The average Bonchev–Trinajstić information content (AvgIpc) is 3.18. The number of carbonyl (C=O) groups is 2. The molecule has 0 aliphatic carbocycles. The van der Waals surface area contributed by atoms with Gasteiger partial charge in [0.15, 0.2) is 6.04 Å². The lowest BCUT2D eigenvalue weighted by molar-refractivity contribution is -0.137. The lowest BCUT2D eigenvalue weighted by Crippen LogP contribution is -2.40. The van der Waals surface area contributed by atoms with Crippen LogP contribution in [0.15, 0.2) is 42.6 Å². The van der Waals surface area contributed by atoms with E-state index in [-0.39, 0.29) is 18.4 Å². The van der Waals surface area contributed by atoms with Gasteiger partial charge in [-0.15, -0.1) is 10.2 Å². The molecule has 2 amide bonds. The normalized spacial score (nSPS) is 11.7. The van der Waals surface area contributed by atoms with E-state index in [9.17, 15) is 9.59 Å². The number of rotatable bonds is 7. The Kier molecular flexibility index (Phi) is 6.73. The first-order valence-corrected chi connectivity index (χ1v) is 9.78. The van der Waals surface area contributed by atoms with Gasteiger partial charge in [0.2, 0.25) is 17.6 Å². The third-order valence-electron chi connectivity index (χ3n) is 4.42. The third-order valence-corrected chi connectivity index (χ3v) is 4.67.